The van der Waals surface area contributed by atoms with Crippen molar-refractivity contribution in [2.24, 2.45) is 5.73 Å². The minimum absolute atomic E-state index is 0.0293. The van der Waals surface area contributed by atoms with Crippen LogP contribution in [0.4, 0.5) is 0 Å². The van der Waals surface area contributed by atoms with Gasteiger partial charge in [0.05, 0.1) is 5.75 Å². The molecule has 1 aromatic heterocycles. The van der Waals surface area contributed by atoms with E-state index in [-0.39, 0.29) is 17.5 Å². The predicted octanol–water partition coefficient (Wildman–Crippen LogP) is 2.27. The first kappa shape index (κ1) is 13.7. The SMILES string of the molecule is CCS(=O)(=O)CCCC(N)c1cscc1C. The Balaban J connectivity index is 2.43. The lowest BCUT2D eigenvalue weighted by atomic mass is 10.0. The Kier molecular flexibility index (Phi) is 4.95. The summed E-state index contributed by atoms with van der Waals surface area (Å²) in [4.78, 5) is 0. The highest BCUT2D eigenvalue weighted by Gasteiger charge is 2.12. The van der Waals surface area contributed by atoms with E-state index in [9.17, 15) is 8.42 Å². The van der Waals surface area contributed by atoms with Crippen molar-refractivity contribution >= 4 is 21.2 Å². The van der Waals surface area contributed by atoms with E-state index < -0.39 is 9.84 Å². The van der Waals surface area contributed by atoms with E-state index in [2.05, 4.69) is 5.38 Å². The van der Waals surface area contributed by atoms with Gasteiger partial charge in [-0.3, -0.25) is 0 Å². The first-order chi connectivity index (χ1) is 7.46. The van der Waals surface area contributed by atoms with Crippen LogP contribution in [-0.2, 0) is 9.84 Å². The number of thiophene rings is 1. The Bertz CT molecular complexity index is 423. The Hall–Kier alpha value is -0.390. The van der Waals surface area contributed by atoms with Crippen molar-refractivity contribution in [2.75, 3.05) is 11.5 Å². The van der Waals surface area contributed by atoms with Gasteiger partial charge >= 0.3 is 0 Å². The molecule has 0 amide bonds. The minimum Gasteiger partial charge on any atom is -0.324 e. The highest BCUT2D eigenvalue weighted by atomic mass is 32.2. The molecule has 5 heteroatoms. The summed E-state index contributed by atoms with van der Waals surface area (Å²) in [6, 6.07) is -0.0293. The lowest BCUT2D eigenvalue weighted by Gasteiger charge is -2.11. The second kappa shape index (κ2) is 5.80. The van der Waals surface area contributed by atoms with Gasteiger partial charge < -0.3 is 5.73 Å². The standard InChI is InChI=1S/C11H19NO2S2/c1-3-16(13,14)6-4-5-11(12)10-8-15-7-9(10)2/h7-8,11H,3-6,12H2,1-2H3. The zero-order valence-corrected chi connectivity index (χ0v) is 11.4. The number of hydrogen-bond acceptors (Lipinski definition) is 4. The summed E-state index contributed by atoms with van der Waals surface area (Å²) >= 11 is 1.64. The van der Waals surface area contributed by atoms with E-state index in [0.717, 1.165) is 12.0 Å². The van der Waals surface area contributed by atoms with E-state index in [1.54, 1.807) is 18.3 Å². The summed E-state index contributed by atoms with van der Waals surface area (Å²) in [6.07, 6.45) is 1.38. The molecule has 16 heavy (non-hydrogen) atoms. The summed E-state index contributed by atoms with van der Waals surface area (Å²) < 4.78 is 22.6. The largest absolute Gasteiger partial charge is 0.324 e. The lowest BCUT2D eigenvalue weighted by Crippen LogP contribution is -2.14. The third kappa shape index (κ3) is 3.88. The van der Waals surface area contributed by atoms with Gasteiger partial charge in [-0.25, -0.2) is 8.42 Å². The molecule has 2 N–H and O–H groups in total. The molecule has 1 atom stereocenters. The Morgan fingerprint density at radius 3 is 2.62 bits per heavy atom. The first-order valence-electron chi connectivity index (χ1n) is 5.45. The maximum Gasteiger partial charge on any atom is 0.150 e. The molecule has 0 aromatic carbocycles. The summed E-state index contributed by atoms with van der Waals surface area (Å²) in [5.74, 6) is 0.472. The van der Waals surface area contributed by atoms with Crippen LogP contribution in [0, 0.1) is 6.92 Å². The molecule has 1 aromatic rings. The summed E-state index contributed by atoms with van der Waals surface area (Å²) in [6.45, 7) is 3.72. The van der Waals surface area contributed by atoms with Gasteiger partial charge in [0.25, 0.3) is 0 Å². The molecule has 0 aliphatic carbocycles. The zero-order valence-electron chi connectivity index (χ0n) is 9.77. The van der Waals surface area contributed by atoms with Crippen molar-refractivity contribution < 1.29 is 8.42 Å². The van der Waals surface area contributed by atoms with Crippen LogP contribution in [0.3, 0.4) is 0 Å². The van der Waals surface area contributed by atoms with Crippen LogP contribution in [0.15, 0.2) is 10.8 Å². The molecule has 0 saturated heterocycles. The molecule has 92 valence electrons. The normalized spacial score (nSPS) is 13.9. The summed E-state index contributed by atoms with van der Waals surface area (Å²) in [5, 5.41) is 4.12. The van der Waals surface area contributed by atoms with Crippen molar-refractivity contribution in [3.8, 4) is 0 Å². The van der Waals surface area contributed by atoms with E-state index in [4.69, 9.17) is 5.73 Å². The fraction of sp³-hybridized carbons (Fsp3) is 0.636. The second-order valence-corrected chi connectivity index (χ2v) is 7.21. The van der Waals surface area contributed by atoms with Crippen molar-refractivity contribution in [1.82, 2.24) is 0 Å². The lowest BCUT2D eigenvalue weighted by molar-refractivity contribution is 0.584. The fourth-order valence-electron chi connectivity index (χ4n) is 1.57. The monoisotopic (exact) mass is 261 g/mol. The van der Waals surface area contributed by atoms with Crippen LogP contribution in [0.1, 0.15) is 36.9 Å². The molecule has 0 fully saturated rings. The molecule has 1 rings (SSSR count). The van der Waals surface area contributed by atoms with Gasteiger partial charge in [0.1, 0.15) is 9.84 Å². The average Bonchev–Trinajstić information content (AvgIpc) is 2.64. The van der Waals surface area contributed by atoms with Crippen molar-refractivity contribution in [2.45, 2.75) is 32.7 Å². The molecule has 1 heterocycles. The summed E-state index contributed by atoms with van der Waals surface area (Å²) in [7, 11) is -2.85. The maximum absolute atomic E-state index is 11.3. The molecular formula is C11H19NO2S2. The molecule has 3 nitrogen and oxygen atoms in total. The van der Waals surface area contributed by atoms with E-state index in [0.29, 0.717) is 6.42 Å². The van der Waals surface area contributed by atoms with Gasteiger partial charge in [-0.05, 0) is 41.7 Å². The molecule has 0 aliphatic rings. The van der Waals surface area contributed by atoms with Crippen molar-refractivity contribution in [3.63, 3.8) is 0 Å². The van der Waals surface area contributed by atoms with E-state index >= 15 is 0 Å². The molecule has 0 aliphatic heterocycles. The second-order valence-electron chi connectivity index (χ2n) is 4.00. The van der Waals surface area contributed by atoms with Crippen LogP contribution in [0.25, 0.3) is 0 Å². The van der Waals surface area contributed by atoms with Gasteiger partial charge in [0.15, 0.2) is 0 Å². The zero-order chi connectivity index (χ0) is 12.2. The maximum atomic E-state index is 11.3. The Morgan fingerprint density at radius 2 is 2.12 bits per heavy atom. The van der Waals surface area contributed by atoms with Crippen LogP contribution in [-0.4, -0.2) is 19.9 Å². The van der Waals surface area contributed by atoms with Crippen molar-refractivity contribution in [3.05, 3.63) is 21.9 Å². The average molecular weight is 261 g/mol. The number of nitrogens with two attached hydrogens (primary N) is 1. The van der Waals surface area contributed by atoms with Crippen LogP contribution < -0.4 is 5.73 Å². The highest BCUT2D eigenvalue weighted by Crippen LogP contribution is 2.23. The smallest absolute Gasteiger partial charge is 0.150 e. The Labute approximate surface area is 102 Å². The number of rotatable bonds is 6. The minimum atomic E-state index is -2.85. The van der Waals surface area contributed by atoms with Gasteiger partial charge in [-0.1, -0.05) is 6.92 Å². The van der Waals surface area contributed by atoms with Crippen LogP contribution in [0.5, 0.6) is 0 Å². The molecule has 1 unspecified atom stereocenters. The van der Waals surface area contributed by atoms with Gasteiger partial charge in [-0.2, -0.15) is 11.3 Å². The van der Waals surface area contributed by atoms with Crippen molar-refractivity contribution in [1.29, 1.82) is 0 Å². The summed E-state index contributed by atoms with van der Waals surface area (Å²) in [5.41, 5.74) is 8.38. The van der Waals surface area contributed by atoms with E-state index in [1.165, 1.54) is 5.56 Å². The highest BCUT2D eigenvalue weighted by molar-refractivity contribution is 7.91. The van der Waals surface area contributed by atoms with Gasteiger partial charge in [0, 0.05) is 11.8 Å². The van der Waals surface area contributed by atoms with E-state index in [1.807, 2.05) is 12.3 Å². The fourth-order valence-corrected chi connectivity index (χ4v) is 3.38. The molecule has 0 saturated carbocycles. The predicted molar refractivity (Wildman–Crippen MR) is 69.5 cm³/mol. The van der Waals surface area contributed by atoms with Gasteiger partial charge in [0.2, 0.25) is 0 Å². The molecule has 0 spiro atoms. The number of hydrogen-bond donors (Lipinski definition) is 1. The van der Waals surface area contributed by atoms with Gasteiger partial charge in [-0.15, -0.1) is 0 Å². The van der Waals surface area contributed by atoms with Crippen LogP contribution in [0.2, 0.25) is 0 Å². The molecule has 0 bridgehead atoms. The number of sulfone groups is 1. The number of aryl methyl sites for hydroxylation is 1. The Morgan fingerprint density at radius 1 is 1.44 bits per heavy atom. The quantitative estimate of drug-likeness (QED) is 0.854. The van der Waals surface area contributed by atoms with Crippen LogP contribution >= 0.6 is 11.3 Å². The molecular weight excluding hydrogens is 242 g/mol. The third-order valence-corrected chi connectivity index (χ3v) is 5.37. The molecule has 0 radical (unpaired) electrons. The first-order valence-corrected chi connectivity index (χ1v) is 8.21. The topological polar surface area (TPSA) is 60.2 Å². The third-order valence-electron chi connectivity index (χ3n) is 2.70.